The third kappa shape index (κ3) is 5.32. The van der Waals surface area contributed by atoms with E-state index in [1.807, 2.05) is 12.1 Å². The van der Waals surface area contributed by atoms with Crippen LogP contribution in [0.2, 0.25) is 0 Å². The van der Waals surface area contributed by atoms with Gasteiger partial charge in [0.15, 0.2) is 11.6 Å². The molecule has 0 saturated heterocycles. The van der Waals surface area contributed by atoms with Crippen molar-refractivity contribution in [2.24, 2.45) is 5.92 Å². The van der Waals surface area contributed by atoms with Gasteiger partial charge >= 0.3 is 6.36 Å². The number of ether oxygens (including phenoxy) is 1. The van der Waals surface area contributed by atoms with Crippen molar-refractivity contribution in [3.8, 4) is 17.6 Å². The molecule has 1 aliphatic rings. The van der Waals surface area contributed by atoms with Crippen molar-refractivity contribution in [3.05, 3.63) is 76.6 Å². The van der Waals surface area contributed by atoms with Gasteiger partial charge < -0.3 is 4.74 Å². The second kappa shape index (κ2) is 9.61. The summed E-state index contributed by atoms with van der Waals surface area (Å²) < 4.78 is 83.0. The van der Waals surface area contributed by atoms with E-state index in [1.54, 1.807) is 12.1 Å². The van der Waals surface area contributed by atoms with E-state index < -0.39 is 29.6 Å². The van der Waals surface area contributed by atoms with Crippen molar-refractivity contribution in [3.63, 3.8) is 0 Å². The minimum absolute atomic E-state index is 0.0140. The zero-order valence-electron chi connectivity index (χ0n) is 18.4. The molecule has 0 aromatic heterocycles. The number of alkyl halides is 3. The first-order valence-corrected chi connectivity index (χ1v) is 11.1. The van der Waals surface area contributed by atoms with Crippen molar-refractivity contribution >= 4 is 10.8 Å². The molecule has 0 radical (unpaired) electrons. The van der Waals surface area contributed by atoms with Crippen LogP contribution in [0.4, 0.5) is 26.3 Å². The van der Waals surface area contributed by atoms with Gasteiger partial charge in [-0.15, -0.1) is 13.2 Å². The number of hydrogen-bond acceptors (Lipinski definition) is 1. The lowest BCUT2D eigenvalue weighted by Gasteiger charge is -2.28. The van der Waals surface area contributed by atoms with Gasteiger partial charge in [0.2, 0.25) is 5.75 Å². The van der Waals surface area contributed by atoms with Crippen LogP contribution in [0, 0.1) is 35.2 Å². The molecule has 0 unspecified atom stereocenters. The molecule has 0 atom stereocenters. The summed E-state index contributed by atoms with van der Waals surface area (Å²) in [6.07, 6.45) is 0.604. The first-order valence-electron chi connectivity index (χ1n) is 11.1. The third-order valence-electron chi connectivity index (χ3n) is 6.43. The Kier molecular flexibility index (Phi) is 6.79. The number of fused-ring (bicyclic) bond motifs is 1. The minimum atomic E-state index is -5.24. The van der Waals surface area contributed by atoms with Crippen LogP contribution in [-0.2, 0) is 0 Å². The topological polar surface area (TPSA) is 9.23 Å². The highest BCUT2D eigenvalue weighted by Crippen LogP contribution is 2.38. The maximum atomic E-state index is 15.1. The summed E-state index contributed by atoms with van der Waals surface area (Å²) in [4.78, 5) is 0. The van der Waals surface area contributed by atoms with Gasteiger partial charge in [-0.2, -0.15) is 0 Å². The number of benzene rings is 3. The van der Waals surface area contributed by atoms with Crippen LogP contribution < -0.4 is 4.74 Å². The Bertz CT molecular complexity index is 1240. The molecule has 178 valence electrons. The van der Waals surface area contributed by atoms with Crippen LogP contribution >= 0.6 is 0 Å². The highest BCUT2D eigenvalue weighted by molar-refractivity contribution is 5.85. The molecule has 3 aromatic rings. The van der Waals surface area contributed by atoms with Gasteiger partial charge in [-0.1, -0.05) is 49.5 Å². The average molecular weight is 476 g/mol. The van der Waals surface area contributed by atoms with Crippen molar-refractivity contribution in [2.75, 3.05) is 0 Å². The van der Waals surface area contributed by atoms with E-state index in [0.717, 1.165) is 24.1 Å². The highest BCUT2D eigenvalue weighted by Gasteiger charge is 2.34. The number of hydrogen-bond donors (Lipinski definition) is 0. The molecule has 0 amide bonds. The van der Waals surface area contributed by atoms with Crippen molar-refractivity contribution in [1.29, 1.82) is 0 Å². The van der Waals surface area contributed by atoms with Crippen molar-refractivity contribution in [1.82, 2.24) is 0 Å². The summed E-state index contributed by atoms with van der Waals surface area (Å²) in [5.74, 6) is 0.925. The van der Waals surface area contributed by atoms with Gasteiger partial charge in [0, 0.05) is 10.9 Å². The first kappa shape index (κ1) is 24.0. The maximum absolute atomic E-state index is 15.1. The SMILES string of the molecule is CCC1CCC(c2ccc3c(F)c(C#Cc4cc(F)c(OC(F)(F)F)c(F)c4)ccc3c2)CC1. The lowest BCUT2D eigenvalue weighted by Crippen LogP contribution is -2.19. The molecule has 34 heavy (non-hydrogen) atoms. The van der Waals surface area contributed by atoms with E-state index in [4.69, 9.17) is 0 Å². The smallest absolute Gasteiger partial charge is 0.399 e. The Balaban J connectivity index is 1.58. The standard InChI is InChI=1S/C27H22F6O/c1-2-16-3-6-18(7-4-16)20-11-12-22-21(15-20)10-9-19(25(22)30)8-5-17-13-23(28)26(24(29)14-17)34-27(31,32)33/h9-16,18H,2-4,6-7H2,1H3. The molecular weight excluding hydrogens is 454 g/mol. The third-order valence-corrected chi connectivity index (χ3v) is 6.43. The molecule has 3 aromatic carbocycles. The molecular formula is C27H22F6O. The fourth-order valence-corrected chi connectivity index (χ4v) is 4.55. The Hall–Kier alpha value is -3.14. The molecule has 0 spiro atoms. The van der Waals surface area contributed by atoms with Crippen LogP contribution in [0.15, 0.2) is 42.5 Å². The van der Waals surface area contributed by atoms with Crippen LogP contribution in [0.3, 0.4) is 0 Å². The van der Waals surface area contributed by atoms with Gasteiger partial charge in [0.25, 0.3) is 0 Å². The van der Waals surface area contributed by atoms with Crippen LogP contribution in [0.5, 0.6) is 5.75 Å². The van der Waals surface area contributed by atoms with Gasteiger partial charge in [-0.05, 0) is 66.7 Å². The predicted octanol–water partition coefficient (Wildman–Crippen LogP) is 8.24. The average Bonchev–Trinajstić information content (AvgIpc) is 2.80. The van der Waals surface area contributed by atoms with E-state index in [-0.39, 0.29) is 11.1 Å². The Morgan fingerprint density at radius 3 is 2.18 bits per heavy atom. The van der Waals surface area contributed by atoms with E-state index in [9.17, 15) is 22.0 Å². The molecule has 0 aliphatic heterocycles. The molecule has 1 nitrogen and oxygen atoms in total. The summed E-state index contributed by atoms with van der Waals surface area (Å²) in [5.41, 5.74) is 0.953. The van der Waals surface area contributed by atoms with Crippen LogP contribution in [0.25, 0.3) is 10.8 Å². The van der Waals surface area contributed by atoms with E-state index >= 15 is 4.39 Å². The minimum Gasteiger partial charge on any atom is -0.399 e. The molecule has 0 heterocycles. The summed E-state index contributed by atoms with van der Waals surface area (Å²) in [6.45, 7) is 2.22. The largest absolute Gasteiger partial charge is 0.573 e. The van der Waals surface area contributed by atoms with Crippen molar-refractivity contribution < 1.29 is 31.1 Å². The summed E-state index contributed by atoms with van der Waals surface area (Å²) >= 11 is 0. The second-order valence-corrected chi connectivity index (χ2v) is 8.60. The summed E-state index contributed by atoms with van der Waals surface area (Å²) in [5, 5.41) is 1.12. The van der Waals surface area contributed by atoms with E-state index in [0.29, 0.717) is 23.4 Å². The quantitative estimate of drug-likeness (QED) is 0.273. The van der Waals surface area contributed by atoms with Gasteiger partial charge in [-0.25, -0.2) is 13.2 Å². The Morgan fingerprint density at radius 1 is 0.882 bits per heavy atom. The van der Waals surface area contributed by atoms with Crippen LogP contribution in [0.1, 0.15) is 61.6 Å². The summed E-state index contributed by atoms with van der Waals surface area (Å²) in [6, 6.07) is 10.1. The fourth-order valence-electron chi connectivity index (χ4n) is 4.55. The van der Waals surface area contributed by atoms with Gasteiger partial charge in [0.1, 0.15) is 5.82 Å². The lowest BCUT2D eigenvalue weighted by atomic mass is 9.77. The molecule has 1 fully saturated rings. The highest BCUT2D eigenvalue weighted by atomic mass is 19.4. The van der Waals surface area contributed by atoms with Crippen LogP contribution in [-0.4, -0.2) is 6.36 Å². The first-order chi connectivity index (χ1) is 16.1. The lowest BCUT2D eigenvalue weighted by molar-refractivity contribution is -0.276. The molecule has 0 bridgehead atoms. The Labute approximate surface area is 193 Å². The zero-order valence-corrected chi connectivity index (χ0v) is 18.4. The zero-order chi connectivity index (χ0) is 24.5. The fraction of sp³-hybridized carbons (Fsp3) is 0.333. The predicted molar refractivity (Wildman–Crippen MR) is 118 cm³/mol. The number of halogens is 6. The monoisotopic (exact) mass is 476 g/mol. The van der Waals surface area contributed by atoms with E-state index in [2.05, 4.69) is 23.5 Å². The second-order valence-electron chi connectivity index (χ2n) is 8.60. The summed E-state index contributed by atoms with van der Waals surface area (Å²) in [7, 11) is 0. The maximum Gasteiger partial charge on any atom is 0.573 e. The van der Waals surface area contributed by atoms with Crippen molar-refractivity contribution in [2.45, 2.75) is 51.3 Å². The molecule has 4 rings (SSSR count). The van der Waals surface area contributed by atoms with Gasteiger partial charge in [0.05, 0.1) is 5.56 Å². The molecule has 7 heteroatoms. The molecule has 1 saturated carbocycles. The molecule has 0 N–H and O–H groups in total. The normalized spacial score (nSPS) is 18.4. The number of rotatable bonds is 3. The molecule has 1 aliphatic carbocycles. The Morgan fingerprint density at radius 2 is 1.56 bits per heavy atom. The van der Waals surface area contributed by atoms with E-state index in [1.165, 1.54) is 30.9 Å². The van der Waals surface area contributed by atoms with Gasteiger partial charge in [-0.3, -0.25) is 0 Å².